The van der Waals surface area contributed by atoms with Crippen LogP contribution in [0.2, 0.25) is 0 Å². The fourth-order valence-corrected chi connectivity index (χ4v) is 6.34. The Bertz CT molecular complexity index is 948. The molecular formula is C26H38O8. The third kappa shape index (κ3) is 3.48. The van der Waals surface area contributed by atoms with Crippen LogP contribution in [0.15, 0.2) is 23.3 Å². The quantitative estimate of drug-likeness (QED) is 0.405. The molecule has 1 saturated carbocycles. The number of aliphatic hydroxyl groups is 3. The maximum absolute atomic E-state index is 14.4. The van der Waals surface area contributed by atoms with Crippen LogP contribution in [0, 0.1) is 22.7 Å². The van der Waals surface area contributed by atoms with Gasteiger partial charge in [-0.1, -0.05) is 39.8 Å². The van der Waals surface area contributed by atoms with E-state index in [0.29, 0.717) is 12.0 Å². The number of esters is 2. The van der Waals surface area contributed by atoms with Crippen molar-refractivity contribution in [3.63, 3.8) is 0 Å². The molecule has 190 valence electrons. The molecule has 8 heteroatoms. The summed E-state index contributed by atoms with van der Waals surface area (Å²) in [5, 5.41) is 34.6. The number of carbonyl (C=O) groups excluding carboxylic acids is 3. The first-order chi connectivity index (χ1) is 15.6. The second kappa shape index (κ2) is 8.57. The lowest BCUT2D eigenvalue weighted by Gasteiger charge is -2.48. The maximum Gasteiger partial charge on any atom is 0.306 e. The molecule has 0 amide bonds. The lowest BCUT2D eigenvalue weighted by molar-refractivity contribution is -0.192. The first-order valence-electron chi connectivity index (χ1n) is 12.0. The molecule has 0 aliphatic heterocycles. The fraction of sp³-hybridized carbons (Fsp3) is 0.731. The zero-order valence-corrected chi connectivity index (χ0v) is 21.2. The van der Waals surface area contributed by atoms with Gasteiger partial charge in [0.25, 0.3) is 0 Å². The molecule has 3 N–H and O–H groups in total. The van der Waals surface area contributed by atoms with Gasteiger partial charge in [0.2, 0.25) is 0 Å². The normalized spacial score (nSPS) is 40.9. The van der Waals surface area contributed by atoms with E-state index in [1.807, 2.05) is 20.8 Å². The van der Waals surface area contributed by atoms with Gasteiger partial charge in [0.05, 0.1) is 5.41 Å². The zero-order chi connectivity index (χ0) is 25.9. The number of ketones is 1. The Morgan fingerprint density at radius 2 is 1.79 bits per heavy atom. The molecule has 1 fully saturated rings. The molecule has 0 aromatic carbocycles. The van der Waals surface area contributed by atoms with Gasteiger partial charge in [-0.3, -0.25) is 14.4 Å². The van der Waals surface area contributed by atoms with Crippen molar-refractivity contribution in [3.8, 4) is 0 Å². The van der Waals surface area contributed by atoms with Gasteiger partial charge in [0.1, 0.15) is 30.0 Å². The van der Waals surface area contributed by atoms with E-state index in [4.69, 9.17) is 9.47 Å². The van der Waals surface area contributed by atoms with Crippen molar-refractivity contribution < 1.29 is 39.2 Å². The van der Waals surface area contributed by atoms with Gasteiger partial charge in [0, 0.05) is 24.7 Å². The zero-order valence-electron chi connectivity index (χ0n) is 21.2. The molecule has 3 aliphatic carbocycles. The van der Waals surface area contributed by atoms with Crippen LogP contribution in [0.5, 0.6) is 0 Å². The van der Waals surface area contributed by atoms with Crippen molar-refractivity contribution in [2.24, 2.45) is 22.7 Å². The Morgan fingerprint density at radius 1 is 1.18 bits per heavy atom. The fourth-order valence-electron chi connectivity index (χ4n) is 6.34. The Labute approximate surface area is 201 Å². The second-order valence-electron chi connectivity index (χ2n) is 11.0. The van der Waals surface area contributed by atoms with Gasteiger partial charge in [-0.2, -0.15) is 0 Å². The molecule has 8 nitrogen and oxygen atoms in total. The number of carbonyl (C=O) groups is 3. The molecule has 1 spiro atoms. The van der Waals surface area contributed by atoms with Gasteiger partial charge < -0.3 is 24.8 Å². The van der Waals surface area contributed by atoms with Crippen LogP contribution in [0.1, 0.15) is 67.7 Å². The van der Waals surface area contributed by atoms with Crippen LogP contribution >= 0.6 is 0 Å². The van der Waals surface area contributed by atoms with E-state index in [-0.39, 0.29) is 36.8 Å². The van der Waals surface area contributed by atoms with E-state index >= 15 is 0 Å². The number of rotatable bonds is 5. The van der Waals surface area contributed by atoms with E-state index < -0.39 is 52.0 Å². The Kier molecular flexibility index (Phi) is 6.70. The van der Waals surface area contributed by atoms with Gasteiger partial charge in [0.15, 0.2) is 5.78 Å². The van der Waals surface area contributed by atoms with Crippen LogP contribution in [-0.4, -0.2) is 63.1 Å². The summed E-state index contributed by atoms with van der Waals surface area (Å²) in [6, 6.07) is 0. The molecule has 0 radical (unpaired) electrons. The summed E-state index contributed by atoms with van der Waals surface area (Å²) in [7, 11) is 0. The summed E-state index contributed by atoms with van der Waals surface area (Å²) < 4.78 is 11.2. The van der Waals surface area contributed by atoms with Gasteiger partial charge in [-0.05, 0) is 43.8 Å². The minimum atomic E-state index is -2.27. The third-order valence-electron chi connectivity index (χ3n) is 8.65. The topological polar surface area (TPSA) is 130 Å². The lowest BCUT2D eigenvalue weighted by atomic mass is 9.59. The average Bonchev–Trinajstić information content (AvgIpc) is 2.88. The van der Waals surface area contributed by atoms with Crippen LogP contribution in [-0.2, 0) is 23.9 Å². The summed E-state index contributed by atoms with van der Waals surface area (Å²) >= 11 is 0. The molecule has 0 aromatic rings. The summed E-state index contributed by atoms with van der Waals surface area (Å²) in [6.07, 6.45) is 1.03. The van der Waals surface area contributed by atoms with E-state index in [1.165, 1.54) is 13.0 Å². The van der Waals surface area contributed by atoms with Crippen LogP contribution in [0.25, 0.3) is 0 Å². The SMILES string of the molecule is CCCC(=O)O[C@]1(C)CC(C)C23C=C(C)C(O)[C@@]2(O)C(O)C(COC(C)=O)=CC(C3=O)C1(C)C. The summed E-state index contributed by atoms with van der Waals surface area (Å²) in [5.74, 6) is -2.83. The highest BCUT2D eigenvalue weighted by atomic mass is 16.6. The standard InChI is InChI=1S/C26H38O8/c1-8-9-19(28)34-24(7)12-15(3)25-11-14(2)20(29)26(25,32)21(30)17(13-33-16(4)27)10-18(22(25)31)23(24,5)6/h10-11,15,18,20-21,29-30,32H,8-9,12-13H2,1-7H3/t15?,18?,20?,21?,24-,25?,26-/m1/s1. The van der Waals surface area contributed by atoms with Crippen molar-refractivity contribution in [2.75, 3.05) is 6.61 Å². The van der Waals surface area contributed by atoms with E-state index in [9.17, 15) is 29.7 Å². The molecule has 0 saturated heterocycles. The monoisotopic (exact) mass is 478 g/mol. The molecule has 3 aliphatic rings. The number of hydrogen-bond donors (Lipinski definition) is 3. The van der Waals surface area contributed by atoms with Crippen molar-refractivity contribution in [1.82, 2.24) is 0 Å². The van der Waals surface area contributed by atoms with Crippen molar-refractivity contribution in [2.45, 2.75) is 91.1 Å². The third-order valence-corrected chi connectivity index (χ3v) is 8.65. The van der Waals surface area contributed by atoms with Gasteiger partial charge >= 0.3 is 11.9 Å². The Morgan fingerprint density at radius 3 is 2.35 bits per heavy atom. The van der Waals surface area contributed by atoms with Crippen molar-refractivity contribution in [3.05, 3.63) is 23.3 Å². The van der Waals surface area contributed by atoms with Crippen molar-refractivity contribution in [1.29, 1.82) is 0 Å². The Balaban J connectivity index is 2.30. The van der Waals surface area contributed by atoms with E-state index in [1.54, 1.807) is 26.8 Å². The molecule has 5 unspecified atom stereocenters. The van der Waals surface area contributed by atoms with Crippen LogP contribution in [0.3, 0.4) is 0 Å². The predicted octanol–water partition coefficient (Wildman–Crippen LogP) is 2.24. The summed E-state index contributed by atoms with van der Waals surface area (Å²) in [5.41, 5.74) is -5.45. The second-order valence-corrected chi connectivity index (χ2v) is 11.0. The Hall–Kier alpha value is -2.03. The maximum atomic E-state index is 14.4. The highest BCUT2D eigenvalue weighted by molar-refractivity contribution is 5.95. The molecule has 3 rings (SSSR count). The number of hydrogen-bond acceptors (Lipinski definition) is 8. The van der Waals surface area contributed by atoms with Crippen molar-refractivity contribution >= 4 is 17.7 Å². The van der Waals surface area contributed by atoms with E-state index in [2.05, 4.69) is 0 Å². The minimum Gasteiger partial charge on any atom is -0.461 e. The highest BCUT2D eigenvalue weighted by Gasteiger charge is 2.73. The summed E-state index contributed by atoms with van der Waals surface area (Å²) in [4.78, 5) is 38.5. The first kappa shape index (κ1) is 26.6. The highest BCUT2D eigenvalue weighted by Crippen LogP contribution is 2.63. The smallest absolute Gasteiger partial charge is 0.306 e. The number of ether oxygens (including phenoxy) is 2. The average molecular weight is 479 g/mol. The largest absolute Gasteiger partial charge is 0.461 e. The minimum absolute atomic E-state index is 0.129. The number of Topliss-reactive ketones (excluding diaryl/α,β-unsaturated/α-hetero) is 1. The van der Waals surface area contributed by atoms with Crippen LogP contribution in [0.4, 0.5) is 0 Å². The molecule has 7 atom stereocenters. The van der Waals surface area contributed by atoms with Gasteiger partial charge in [-0.15, -0.1) is 0 Å². The first-order valence-corrected chi connectivity index (χ1v) is 12.0. The lowest BCUT2D eigenvalue weighted by Crippen LogP contribution is -2.65. The predicted molar refractivity (Wildman–Crippen MR) is 123 cm³/mol. The summed E-state index contributed by atoms with van der Waals surface area (Å²) in [6.45, 7) is 11.6. The molecule has 0 aromatic heterocycles. The number of allylic oxidation sites excluding steroid dienone is 1. The molecule has 34 heavy (non-hydrogen) atoms. The molecule has 0 heterocycles. The number of aliphatic hydroxyl groups excluding tert-OH is 2. The number of fused-ring (bicyclic) bond motifs is 1. The molecular weight excluding hydrogens is 440 g/mol. The van der Waals surface area contributed by atoms with E-state index in [0.717, 1.165) is 0 Å². The molecule has 2 bridgehead atoms. The van der Waals surface area contributed by atoms with Gasteiger partial charge in [-0.25, -0.2) is 0 Å². The van der Waals surface area contributed by atoms with Crippen LogP contribution < -0.4 is 0 Å².